The molecular weight excluding hydrogens is 260 g/mol. The molecule has 0 radical (unpaired) electrons. The average Bonchev–Trinajstić information content (AvgIpc) is 2.91. The summed E-state index contributed by atoms with van der Waals surface area (Å²) >= 11 is 0. The van der Waals surface area contributed by atoms with Gasteiger partial charge in [0.15, 0.2) is 5.79 Å². The zero-order valence-corrected chi connectivity index (χ0v) is 11.8. The number of rotatable bonds is 5. The fraction of sp³-hybridized carbons (Fsp3) is 0.533. The van der Waals surface area contributed by atoms with Crippen molar-refractivity contribution >= 4 is 5.97 Å². The first kappa shape index (κ1) is 15.0. The van der Waals surface area contributed by atoms with Crippen LogP contribution >= 0.6 is 0 Å². The van der Waals surface area contributed by atoms with E-state index in [0.717, 1.165) is 5.56 Å². The van der Waals surface area contributed by atoms with Crippen molar-refractivity contribution in [2.45, 2.75) is 31.7 Å². The Morgan fingerprint density at radius 3 is 2.50 bits per heavy atom. The van der Waals surface area contributed by atoms with Crippen LogP contribution in [0.25, 0.3) is 0 Å². The van der Waals surface area contributed by atoms with Gasteiger partial charge in [0.05, 0.1) is 32.0 Å². The zero-order chi connectivity index (χ0) is 14.6. The molecule has 1 fully saturated rings. The van der Waals surface area contributed by atoms with Crippen molar-refractivity contribution < 1.29 is 24.1 Å². The van der Waals surface area contributed by atoms with E-state index < -0.39 is 11.9 Å². The van der Waals surface area contributed by atoms with Crippen LogP contribution in [0.4, 0.5) is 0 Å². The van der Waals surface area contributed by atoms with Gasteiger partial charge in [-0.2, -0.15) is 0 Å². The number of methoxy groups -OCH3 is 1. The molecule has 1 saturated heterocycles. The van der Waals surface area contributed by atoms with Gasteiger partial charge in [-0.3, -0.25) is 0 Å². The number of ether oxygens (including phenoxy) is 3. The molecule has 0 saturated carbocycles. The van der Waals surface area contributed by atoms with Gasteiger partial charge in [-0.05, 0) is 31.0 Å². The quantitative estimate of drug-likeness (QED) is 0.836. The molecular formula is C15H20O5. The summed E-state index contributed by atoms with van der Waals surface area (Å²) in [6.07, 6.45) is 0.549. The molecule has 0 spiro atoms. The number of hydrogen-bond acceptors (Lipinski definition) is 5. The van der Waals surface area contributed by atoms with E-state index in [0.29, 0.717) is 31.6 Å². The van der Waals surface area contributed by atoms with Crippen LogP contribution in [-0.2, 0) is 14.2 Å². The number of hydrogen-bond donors (Lipinski definition) is 1. The van der Waals surface area contributed by atoms with Crippen LogP contribution in [0.15, 0.2) is 24.3 Å². The maximum absolute atomic E-state index is 11.3. The van der Waals surface area contributed by atoms with Crippen LogP contribution in [0.3, 0.4) is 0 Å². The average molecular weight is 280 g/mol. The SMILES string of the molecule is COC(=O)c1ccc(C(O)CCC2(C)OCCO2)cc1. The molecule has 0 aromatic heterocycles. The van der Waals surface area contributed by atoms with Crippen LogP contribution in [0.1, 0.15) is 41.8 Å². The molecule has 1 heterocycles. The first-order chi connectivity index (χ1) is 9.54. The fourth-order valence-corrected chi connectivity index (χ4v) is 2.23. The van der Waals surface area contributed by atoms with E-state index in [1.807, 2.05) is 6.92 Å². The first-order valence-corrected chi connectivity index (χ1v) is 6.68. The Hall–Kier alpha value is -1.43. The second kappa shape index (κ2) is 6.35. The largest absolute Gasteiger partial charge is 0.465 e. The molecule has 5 nitrogen and oxygen atoms in total. The smallest absolute Gasteiger partial charge is 0.337 e. The van der Waals surface area contributed by atoms with E-state index >= 15 is 0 Å². The highest BCUT2D eigenvalue weighted by molar-refractivity contribution is 5.89. The van der Waals surface area contributed by atoms with Gasteiger partial charge in [0.2, 0.25) is 0 Å². The van der Waals surface area contributed by atoms with Gasteiger partial charge in [-0.15, -0.1) is 0 Å². The lowest BCUT2D eigenvalue weighted by atomic mass is 10.0. The van der Waals surface area contributed by atoms with Crippen molar-refractivity contribution in [3.63, 3.8) is 0 Å². The first-order valence-electron chi connectivity index (χ1n) is 6.68. The predicted molar refractivity (Wildman–Crippen MR) is 72.3 cm³/mol. The Labute approximate surface area is 118 Å². The number of carbonyl (C=O) groups excluding carboxylic acids is 1. The summed E-state index contributed by atoms with van der Waals surface area (Å²) in [7, 11) is 1.34. The van der Waals surface area contributed by atoms with Gasteiger partial charge >= 0.3 is 5.97 Å². The Bertz CT molecular complexity index is 448. The van der Waals surface area contributed by atoms with Crippen molar-refractivity contribution in [3.8, 4) is 0 Å². The van der Waals surface area contributed by atoms with Crippen LogP contribution in [0.5, 0.6) is 0 Å². The molecule has 0 aliphatic carbocycles. The maximum atomic E-state index is 11.3. The molecule has 1 aromatic rings. The lowest BCUT2D eigenvalue weighted by Gasteiger charge is -2.23. The minimum absolute atomic E-state index is 0.383. The van der Waals surface area contributed by atoms with E-state index in [2.05, 4.69) is 4.74 Å². The van der Waals surface area contributed by atoms with E-state index in [1.54, 1.807) is 24.3 Å². The van der Waals surface area contributed by atoms with E-state index in [4.69, 9.17) is 9.47 Å². The second-order valence-electron chi connectivity index (χ2n) is 5.00. The number of aliphatic hydroxyl groups is 1. The summed E-state index contributed by atoms with van der Waals surface area (Å²) in [5, 5.41) is 10.2. The number of esters is 1. The lowest BCUT2D eigenvalue weighted by molar-refractivity contribution is -0.151. The minimum atomic E-state index is -0.605. The summed E-state index contributed by atoms with van der Waals surface area (Å²) in [6, 6.07) is 6.76. The Balaban J connectivity index is 1.92. The summed E-state index contributed by atoms with van der Waals surface area (Å²) in [5.74, 6) is -0.973. The fourth-order valence-electron chi connectivity index (χ4n) is 2.23. The van der Waals surface area contributed by atoms with E-state index in [1.165, 1.54) is 7.11 Å². The van der Waals surface area contributed by atoms with Crippen LogP contribution in [0.2, 0.25) is 0 Å². The second-order valence-corrected chi connectivity index (χ2v) is 5.00. The van der Waals surface area contributed by atoms with Gasteiger partial charge < -0.3 is 19.3 Å². The van der Waals surface area contributed by atoms with Crippen LogP contribution in [0, 0.1) is 0 Å². The lowest BCUT2D eigenvalue weighted by Crippen LogP contribution is -2.26. The molecule has 1 unspecified atom stereocenters. The third-order valence-corrected chi connectivity index (χ3v) is 3.49. The van der Waals surface area contributed by atoms with E-state index in [9.17, 15) is 9.90 Å². The highest BCUT2D eigenvalue weighted by Crippen LogP contribution is 2.28. The van der Waals surface area contributed by atoms with Crippen LogP contribution < -0.4 is 0 Å². The molecule has 5 heteroatoms. The van der Waals surface area contributed by atoms with E-state index in [-0.39, 0.29) is 5.97 Å². The van der Waals surface area contributed by atoms with Gasteiger partial charge in [0.1, 0.15) is 0 Å². The third-order valence-electron chi connectivity index (χ3n) is 3.49. The van der Waals surface area contributed by atoms with Crippen molar-refractivity contribution in [1.82, 2.24) is 0 Å². The summed E-state index contributed by atoms with van der Waals surface area (Å²) < 4.78 is 15.6. The molecule has 0 bridgehead atoms. The maximum Gasteiger partial charge on any atom is 0.337 e. The Kier molecular flexibility index (Phi) is 4.75. The molecule has 110 valence electrons. The van der Waals surface area contributed by atoms with Crippen molar-refractivity contribution in [1.29, 1.82) is 0 Å². The number of benzene rings is 1. The molecule has 1 atom stereocenters. The molecule has 20 heavy (non-hydrogen) atoms. The number of aliphatic hydroxyl groups excluding tert-OH is 1. The highest BCUT2D eigenvalue weighted by atomic mass is 16.7. The van der Waals surface area contributed by atoms with Crippen molar-refractivity contribution in [3.05, 3.63) is 35.4 Å². The minimum Gasteiger partial charge on any atom is -0.465 e. The number of carbonyl (C=O) groups is 1. The Morgan fingerprint density at radius 2 is 1.95 bits per heavy atom. The predicted octanol–water partition coefficient (Wildman–Crippen LogP) is 2.05. The van der Waals surface area contributed by atoms with Gasteiger partial charge in [-0.25, -0.2) is 4.79 Å². The van der Waals surface area contributed by atoms with Gasteiger partial charge in [-0.1, -0.05) is 12.1 Å². The molecule has 0 amide bonds. The Morgan fingerprint density at radius 1 is 1.35 bits per heavy atom. The van der Waals surface area contributed by atoms with Crippen molar-refractivity contribution in [2.75, 3.05) is 20.3 Å². The van der Waals surface area contributed by atoms with Crippen LogP contribution in [-0.4, -0.2) is 37.2 Å². The summed E-state index contributed by atoms with van der Waals surface area (Å²) in [5.41, 5.74) is 1.23. The topological polar surface area (TPSA) is 65.0 Å². The molecule has 1 aliphatic rings. The molecule has 1 N–H and O–H groups in total. The molecule has 1 aromatic carbocycles. The van der Waals surface area contributed by atoms with Crippen molar-refractivity contribution in [2.24, 2.45) is 0 Å². The van der Waals surface area contributed by atoms with Gasteiger partial charge in [0.25, 0.3) is 0 Å². The standard InChI is InChI=1S/C15H20O5/c1-15(19-9-10-20-15)8-7-13(16)11-3-5-12(6-4-11)14(17)18-2/h3-6,13,16H,7-10H2,1-2H3. The summed E-state index contributed by atoms with van der Waals surface area (Å²) in [6.45, 7) is 3.08. The highest BCUT2D eigenvalue weighted by Gasteiger charge is 2.31. The molecule has 1 aliphatic heterocycles. The zero-order valence-electron chi connectivity index (χ0n) is 11.8. The summed E-state index contributed by atoms with van der Waals surface area (Å²) in [4.78, 5) is 11.3. The monoisotopic (exact) mass is 280 g/mol. The third kappa shape index (κ3) is 3.56. The molecule has 2 rings (SSSR count). The normalized spacial score (nSPS) is 18.8. The van der Waals surface area contributed by atoms with Gasteiger partial charge in [0, 0.05) is 6.42 Å².